The summed E-state index contributed by atoms with van der Waals surface area (Å²) in [5, 5.41) is 0. The minimum Gasteiger partial charge on any atom is -0.0845 e. The molecule has 2 unspecified atom stereocenters. The van der Waals surface area contributed by atoms with E-state index in [-0.39, 0.29) is 0 Å². The summed E-state index contributed by atoms with van der Waals surface area (Å²) in [6.07, 6.45) is 15.4. The topological polar surface area (TPSA) is 0 Å². The van der Waals surface area contributed by atoms with Crippen LogP contribution in [0.25, 0.3) is 0 Å². The fourth-order valence-corrected chi connectivity index (χ4v) is 3.31. The average molecular weight is 204 g/mol. The van der Waals surface area contributed by atoms with Gasteiger partial charge in [-0.3, -0.25) is 0 Å². The lowest BCUT2D eigenvalue weighted by atomic mass is 9.82. The van der Waals surface area contributed by atoms with Crippen molar-refractivity contribution < 1.29 is 0 Å². The van der Waals surface area contributed by atoms with Crippen molar-refractivity contribution >= 4 is 0 Å². The first-order chi connectivity index (χ1) is 7.29. The normalized spacial score (nSPS) is 37.4. The van der Waals surface area contributed by atoms with Gasteiger partial charge in [-0.15, -0.1) is 0 Å². The highest BCUT2D eigenvalue weighted by Gasteiger charge is 2.32. The van der Waals surface area contributed by atoms with E-state index in [1.165, 1.54) is 38.5 Å². The highest BCUT2D eigenvalue weighted by atomic mass is 14.4. The first kappa shape index (κ1) is 11.0. The van der Waals surface area contributed by atoms with Crippen LogP contribution in [-0.4, -0.2) is 0 Å². The molecule has 2 rings (SSSR count). The molecule has 0 N–H and O–H groups in total. The molecule has 0 nitrogen and oxygen atoms in total. The molecule has 0 aromatic heterocycles. The van der Waals surface area contributed by atoms with Crippen LogP contribution in [0.15, 0.2) is 23.8 Å². The van der Waals surface area contributed by atoms with E-state index < -0.39 is 0 Å². The standard InChI is InChI=1S/C15H24/c1-12(2)14-11-10-13-8-6-4-3-5-7-9-15(13)14/h4,6,8,12,14-15H,3,5,7,9-11H2,1-2H3/b6-4+,13-8-. The number of hydrogen-bond donors (Lipinski definition) is 0. The molecule has 84 valence electrons. The number of fused-ring (bicyclic) bond motifs is 1. The number of allylic oxidation sites excluding steroid dienone is 4. The van der Waals surface area contributed by atoms with E-state index in [0.717, 1.165) is 17.8 Å². The van der Waals surface area contributed by atoms with Crippen LogP contribution in [0.3, 0.4) is 0 Å². The van der Waals surface area contributed by atoms with E-state index in [0.29, 0.717) is 0 Å². The second kappa shape index (κ2) is 5.01. The van der Waals surface area contributed by atoms with Gasteiger partial charge in [0.1, 0.15) is 0 Å². The number of hydrogen-bond acceptors (Lipinski definition) is 0. The lowest BCUT2D eigenvalue weighted by molar-refractivity contribution is 0.297. The van der Waals surface area contributed by atoms with Crippen LogP contribution in [0.1, 0.15) is 52.4 Å². The Kier molecular flexibility index (Phi) is 3.66. The summed E-state index contributed by atoms with van der Waals surface area (Å²) in [4.78, 5) is 0. The van der Waals surface area contributed by atoms with Gasteiger partial charge in [0.25, 0.3) is 0 Å². The van der Waals surface area contributed by atoms with Gasteiger partial charge in [-0.1, -0.05) is 44.1 Å². The maximum Gasteiger partial charge on any atom is -0.0169 e. The summed E-state index contributed by atoms with van der Waals surface area (Å²) in [7, 11) is 0. The quantitative estimate of drug-likeness (QED) is 0.579. The maximum atomic E-state index is 2.42. The summed E-state index contributed by atoms with van der Waals surface area (Å²) < 4.78 is 0. The minimum atomic E-state index is 0.866. The Labute approximate surface area is 94.5 Å². The Morgan fingerprint density at radius 2 is 2.07 bits per heavy atom. The van der Waals surface area contributed by atoms with Gasteiger partial charge in [0, 0.05) is 0 Å². The highest BCUT2D eigenvalue weighted by Crippen LogP contribution is 2.43. The predicted octanol–water partition coefficient (Wildman–Crippen LogP) is 4.73. The van der Waals surface area contributed by atoms with Gasteiger partial charge in [-0.2, -0.15) is 0 Å². The van der Waals surface area contributed by atoms with Crippen LogP contribution >= 0.6 is 0 Å². The summed E-state index contributed by atoms with van der Waals surface area (Å²) in [6.45, 7) is 4.80. The summed E-state index contributed by atoms with van der Waals surface area (Å²) >= 11 is 0. The largest absolute Gasteiger partial charge is 0.0845 e. The van der Waals surface area contributed by atoms with Gasteiger partial charge >= 0.3 is 0 Å². The van der Waals surface area contributed by atoms with Crippen molar-refractivity contribution in [3.63, 3.8) is 0 Å². The zero-order valence-electron chi connectivity index (χ0n) is 10.2. The van der Waals surface area contributed by atoms with E-state index in [1.807, 2.05) is 0 Å². The summed E-state index contributed by atoms with van der Waals surface area (Å²) in [5.74, 6) is 2.74. The van der Waals surface area contributed by atoms with Crippen molar-refractivity contribution in [3.05, 3.63) is 23.8 Å². The molecule has 0 aromatic rings. The molecule has 2 atom stereocenters. The third kappa shape index (κ3) is 2.53. The Hall–Kier alpha value is -0.520. The van der Waals surface area contributed by atoms with Crippen LogP contribution in [0.2, 0.25) is 0 Å². The maximum absolute atomic E-state index is 2.42. The van der Waals surface area contributed by atoms with Crippen molar-refractivity contribution in [1.82, 2.24) is 0 Å². The first-order valence-corrected chi connectivity index (χ1v) is 6.64. The van der Waals surface area contributed by atoms with E-state index in [9.17, 15) is 0 Å². The predicted molar refractivity (Wildman–Crippen MR) is 66.7 cm³/mol. The molecule has 0 heteroatoms. The molecule has 2 aliphatic rings. The van der Waals surface area contributed by atoms with Crippen LogP contribution in [0.4, 0.5) is 0 Å². The van der Waals surface area contributed by atoms with Crippen LogP contribution < -0.4 is 0 Å². The zero-order valence-corrected chi connectivity index (χ0v) is 10.2. The Morgan fingerprint density at radius 3 is 2.87 bits per heavy atom. The summed E-state index contributed by atoms with van der Waals surface area (Å²) in [6, 6.07) is 0. The third-order valence-electron chi connectivity index (χ3n) is 4.20. The molecule has 2 aliphatic carbocycles. The van der Waals surface area contributed by atoms with E-state index in [2.05, 4.69) is 32.1 Å². The smallest absolute Gasteiger partial charge is 0.0169 e. The van der Waals surface area contributed by atoms with Crippen LogP contribution in [-0.2, 0) is 0 Å². The van der Waals surface area contributed by atoms with Crippen molar-refractivity contribution in [2.45, 2.75) is 52.4 Å². The third-order valence-corrected chi connectivity index (χ3v) is 4.20. The molecule has 0 radical (unpaired) electrons. The zero-order chi connectivity index (χ0) is 10.7. The second-order valence-electron chi connectivity index (χ2n) is 5.51. The van der Waals surface area contributed by atoms with Crippen molar-refractivity contribution in [2.24, 2.45) is 17.8 Å². The van der Waals surface area contributed by atoms with Crippen LogP contribution in [0, 0.1) is 17.8 Å². The molecule has 0 spiro atoms. The van der Waals surface area contributed by atoms with Gasteiger partial charge in [-0.25, -0.2) is 0 Å². The van der Waals surface area contributed by atoms with Gasteiger partial charge in [-0.05, 0) is 49.9 Å². The Bertz CT molecular complexity index is 257. The Morgan fingerprint density at radius 1 is 1.20 bits per heavy atom. The fourth-order valence-electron chi connectivity index (χ4n) is 3.31. The second-order valence-corrected chi connectivity index (χ2v) is 5.51. The molecule has 0 amide bonds. The van der Waals surface area contributed by atoms with E-state index in [1.54, 1.807) is 5.57 Å². The lowest BCUT2D eigenvalue weighted by Crippen LogP contribution is -2.15. The molecule has 15 heavy (non-hydrogen) atoms. The SMILES string of the molecule is CC(C)C1CC/C2=C/C=C/CCCCC21. The molecular weight excluding hydrogens is 180 g/mol. The van der Waals surface area contributed by atoms with Crippen molar-refractivity contribution in [2.75, 3.05) is 0 Å². The van der Waals surface area contributed by atoms with Crippen molar-refractivity contribution in [3.8, 4) is 0 Å². The molecule has 1 fully saturated rings. The summed E-state index contributed by atoms with van der Waals surface area (Å²) in [5.41, 5.74) is 1.74. The van der Waals surface area contributed by atoms with Crippen LogP contribution in [0.5, 0.6) is 0 Å². The lowest BCUT2D eigenvalue weighted by Gasteiger charge is -2.23. The minimum absolute atomic E-state index is 0.866. The molecule has 0 aliphatic heterocycles. The molecule has 0 aromatic carbocycles. The first-order valence-electron chi connectivity index (χ1n) is 6.64. The molecular formula is C15H24. The number of rotatable bonds is 1. The molecule has 0 bridgehead atoms. The van der Waals surface area contributed by atoms with Gasteiger partial charge in [0.2, 0.25) is 0 Å². The highest BCUT2D eigenvalue weighted by molar-refractivity contribution is 5.20. The van der Waals surface area contributed by atoms with Crippen molar-refractivity contribution in [1.29, 1.82) is 0 Å². The monoisotopic (exact) mass is 204 g/mol. The van der Waals surface area contributed by atoms with E-state index >= 15 is 0 Å². The molecule has 0 saturated heterocycles. The van der Waals surface area contributed by atoms with Gasteiger partial charge in [0.05, 0.1) is 0 Å². The molecule has 1 saturated carbocycles. The van der Waals surface area contributed by atoms with E-state index in [4.69, 9.17) is 0 Å². The Balaban J connectivity index is 2.13. The molecule has 0 heterocycles. The van der Waals surface area contributed by atoms with Gasteiger partial charge < -0.3 is 0 Å². The van der Waals surface area contributed by atoms with Gasteiger partial charge in [0.15, 0.2) is 0 Å². The average Bonchev–Trinajstić information content (AvgIpc) is 2.61. The fraction of sp³-hybridized carbons (Fsp3) is 0.733.